The Balaban J connectivity index is 2.13. The second-order valence-electron chi connectivity index (χ2n) is 5.20. The van der Waals surface area contributed by atoms with Crippen molar-refractivity contribution in [2.24, 2.45) is 5.92 Å². The molecule has 2 rings (SSSR count). The van der Waals surface area contributed by atoms with Crippen LogP contribution in [-0.4, -0.2) is 6.04 Å². The number of alkyl halides is 3. The van der Waals surface area contributed by atoms with Gasteiger partial charge < -0.3 is 5.32 Å². The monoisotopic (exact) mass is 335 g/mol. The molecule has 0 aliphatic heterocycles. The fraction of sp³-hybridized carbons (Fsp3) is 0.571. The van der Waals surface area contributed by atoms with Crippen molar-refractivity contribution in [2.75, 3.05) is 5.32 Å². The van der Waals surface area contributed by atoms with E-state index in [-0.39, 0.29) is 6.04 Å². The molecule has 1 N–H and O–H groups in total. The standard InChI is InChI=1S/C14H17BrF3N/c1-9(10-4-2-3-5-10)19-13-7-11(14(16,17)18)6-12(15)8-13/h6-10,19H,2-5H2,1H3. The van der Waals surface area contributed by atoms with E-state index in [1.807, 2.05) is 6.92 Å². The fourth-order valence-electron chi connectivity index (χ4n) is 2.67. The van der Waals surface area contributed by atoms with E-state index in [1.165, 1.54) is 18.9 Å². The molecular weight excluding hydrogens is 319 g/mol. The smallest absolute Gasteiger partial charge is 0.382 e. The van der Waals surface area contributed by atoms with Crippen molar-refractivity contribution in [3.63, 3.8) is 0 Å². The topological polar surface area (TPSA) is 12.0 Å². The van der Waals surface area contributed by atoms with Crippen LogP contribution >= 0.6 is 15.9 Å². The lowest BCUT2D eigenvalue weighted by Crippen LogP contribution is -2.24. The van der Waals surface area contributed by atoms with Crippen LogP contribution in [0.3, 0.4) is 0 Å². The molecule has 0 bridgehead atoms. The third-order valence-electron chi connectivity index (χ3n) is 3.73. The summed E-state index contributed by atoms with van der Waals surface area (Å²) in [5.41, 5.74) is -0.0934. The molecule has 1 aliphatic rings. The fourth-order valence-corrected chi connectivity index (χ4v) is 3.17. The van der Waals surface area contributed by atoms with E-state index in [9.17, 15) is 13.2 Å². The highest BCUT2D eigenvalue weighted by molar-refractivity contribution is 9.10. The Morgan fingerprint density at radius 3 is 2.42 bits per heavy atom. The van der Waals surface area contributed by atoms with E-state index >= 15 is 0 Å². The van der Waals surface area contributed by atoms with Crippen LogP contribution in [0.1, 0.15) is 38.2 Å². The van der Waals surface area contributed by atoms with Crippen LogP contribution in [-0.2, 0) is 6.18 Å². The summed E-state index contributed by atoms with van der Waals surface area (Å²) in [5.74, 6) is 0.563. The first-order valence-corrected chi connectivity index (χ1v) is 7.30. The normalized spacial score (nSPS) is 18.6. The summed E-state index contributed by atoms with van der Waals surface area (Å²) < 4.78 is 38.7. The maximum atomic E-state index is 12.7. The zero-order valence-electron chi connectivity index (χ0n) is 10.7. The maximum absolute atomic E-state index is 12.7. The number of anilines is 1. The Hall–Kier alpha value is -0.710. The Morgan fingerprint density at radius 1 is 1.21 bits per heavy atom. The first kappa shape index (κ1) is 14.7. The number of hydrogen-bond donors (Lipinski definition) is 1. The molecule has 1 saturated carbocycles. The third-order valence-corrected chi connectivity index (χ3v) is 4.18. The minimum absolute atomic E-state index is 0.206. The predicted octanol–water partition coefficient (Wildman–Crippen LogP) is 5.46. The van der Waals surface area contributed by atoms with E-state index in [4.69, 9.17) is 0 Å². The summed E-state index contributed by atoms with van der Waals surface area (Å²) in [7, 11) is 0. The van der Waals surface area contributed by atoms with Crippen molar-refractivity contribution in [2.45, 2.75) is 44.8 Å². The van der Waals surface area contributed by atoms with Crippen molar-refractivity contribution in [1.82, 2.24) is 0 Å². The zero-order valence-corrected chi connectivity index (χ0v) is 12.3. The van der Waals surface area contributed by atoms with Crippen molar-refractivity contribution in [1.29, 1.82) is 0 Å². The van der Waals surface area contributed by atoms with Crippen LogP contribution in [0.4, 0.5) is 18.9 Å². The molecule has 1 fully saturated rings. The van der Waals surface area contributed by atoms with Gasteiger partial charge in [-0.15, -0.1) is 0 Å². The molecule has 5 heteroatoms. The van der Waals surface area contributed by atoms with Crippen LogP contribution in [0.25, 0.3) is 0 Å². The van der Waals surface area contributed by atoms with Gasteiger partial charge in [0.2, 0.25) is 0 Å². The molecule has 0 spiro atoms. The van der Waals surface area contributed by atoms with Crippen molar-refractivity contribution >= 4 is 21.6 Å². The van der Waals surface area contributed by atoms with Gasteiger partial charge in [-0.2, -0.15) is 13.2 Å². The van der Waals surface area contributed by atoms with Gasteiger partial charge in [0.1, 0.15) is 0 Å². The van der Waals surface area contributed by atoms with Crippen molar-refractivity contribution in [3.8, 4) is 0 Å². The molecule has 1 aliphatic carbocycles. The highest BCUT2D eigenvalue weighted by Crippen LogP contribution is 2.35. The summed E-state index contributed by atoms with van der Waals surface area (Å²) in [6.45, 7) is 2.05. The number of nitrogens with one attached hydrogen (secondary N) is 1. The lowest BCUT2D eigenvalue weighted by molar-refractivity contribution is -0.137. The summed E-state index contributed by atoms with van der Waals surface area (Å²) in [5, 5.41) is 3.21. The second kappa shape index (κ2) is 5.73. The molecule has 1 atom stereocenters. The Morgan fingerprint density at radius 2 is 1.84 bits per heavy atom. The molecule has 0 amide bonds. The van der Waals surface area contributed by atoms with E-state index in [0.717, 1.165) is 18.9 Å². The molecule has 1 aromatic rings. The van der Waals surface area contributed by atoms with Gasteiger partial charge in [0.05, 0.1) is 5.56 Å². The molecule has 0 saturated heterocycles. The summed E-state index contributed by atoms with van der Waals surface area (Å²) in [4.78, 5) is 0. The zero-order chi connectivity index (χ0) is 14.0. The maximum Gasteiger partial charge on any atom is 0.416 e. The van der Waals surface area contributed by atoms with Crippen LogP contribution in [0.15, 0.2) is 22.7 Å². The first-order chi connectivity index (χ1) is 8.86. The van der Waals surface area contributed by atoms with Gasteiger partial charge in [0, 0.05) is 16.2 Å². The lowest BCUT2D eigenvalue weighted by atomic mass is 9.99. The average molecular weight is 336 g/mol. The molecule has 19 heavy (non-hydrogen) atoms. The molecule has 0 radical (unpaired) electrons. The van der Waals surface area contributed by atoms with Gasteiger partial charge in [-0.3, -0.25) is 0 Å². The Kier molecular flexibility index (Phi) is 4.43. The summed E-state index contributed by atoms with van der Waals surface area (Å²) >= 11 is 3.14. The van der Waals surface area contributed by atoms with E-state index in [2.05, 4.69) is 21.2 Å². The van der Waals surface area contributed by atoms with Crippen molar-refractivity contribution in [3.05, 3.63) is 28.2 Å². The number of benzene rings is 1. The molecule has 106 valence electrons. The number of rotatable bonds is 3. The van der Waals surface area contributed by atoms with Gasteiger partial charge in [-0.1, -0.05) is 28.8 Å². The molecule has 1 nitrogen and oxygen atoms in total. The molecule has 1 unspecified atom stereocenters. The Bertz CT molecular complexity index is 439. The van der Waals surface area contributed by atoms with Crippen LogP contribution in [0.2, 0.25) is 0 Å². The van der Waals surface area contributed by atoms with E-state index in [1.54, 1.807) is 6.07 Å². The molecule has 1 aromatic carbocycles. The van der Waals surface area contributed by atoms with Crippen LogP contribution in [0.5, 0.6) is 0 Å². The quantitative estimate of drug-likeness (QED) is 0.773. The highest BCUT2D eigenvalue weighted by Gasteiger charge is 2.31. The minimum atomic E-state index is -4.31. The first-order valence-electron chi connectivity index (χ1n) is 6.50. The van der Waals surface area contributed by atoms with E-state index in [0.29, 0.717) is 16.1 Å². The predicted molar refractivity (Wildman–Crippen MR) is 74.2 cm³/mol. The molecular formula is C14H17BrF3N. The largest absolute Gasteiger partial charge is 0.416 e. The highest BCUT2D eigenvalue weighted by atomic mass is 79.9. The van der Waals surface area contributed by atoms with Crippen molar-refractivity contribution < 1.29 is 13.2 Å². The number of halogens is 4. The second-order valence-corrected chi connectivity index (χ2v) is 6.12. The lowest BCUT2D eigenvalue weighted by Gasteiger charge is -2.22. The molecule has 0 aromatic heterocycles. The SMILES string of the molecule is CC(Nc1cc(Br)cc(C(F)(F)F)c1)C1CCCC1. The molecule has 0 heterocycles. The van der Waals surface area contributed by atoms with Gasteiger partial charge >= 0.3 is 6.18 Å². The summed E-state index contributed by atoms with van der Waals surface area (Å²) in [6.07, 6.45) is 0.464. The third kappa shape index (κ3) is 3.88. The average Bonchev–Trinajstić information content (AvgIpc) is 2.80. The van der Waals surface area contributed by atoms with E-state index < -0.39 is 11.7 Å². The number of hydrogen-bond acceptors (Lipinski definition) is 1. The van der Waals surface area contributed by atoms with Gasteiger partial charge in [0.15, 0.2) is 0 Å². The van der Waals surface area contributed by atoms with Crippen LogP contribution in [0, 0.1) is 5.92 Å². The minimum Gasteiger partial charge on any atom is -0.382 e. The summed E-state index contributed by atoms with van der Waals surface area (Å²) in [6, 6.07) is 4.18. The van der Waals surface area contributed by atoms with Gasteiger partial charge in [-0.25, -0.2) is 0 Å². The van der Waals surface area contributed by atoms with Gasteiger partial charge in [0.25, 0.3) is 0 Å². The Labute approximate surface area is 119 Å². The van der Waals surface area contributed by atoms with Gasteiger partial charge in [-0.05, 0) is 43.9 Å². The van der Waals surface area contributed by atoms with Crippen LogP contribution < -0.4 is 5.32 Å².